The average Bonchev–Trinajstić information content (AvgIpc) is 3.04. The summed E-state index contributed by atoms with van der Waals surface area (Å²) in [6, 6.07) is 8.98. The highest BCUT2D eigenvalue weighted by atomic mass is 19.1. The van der Waals surface area contributed by atoms with Crippen LogP contribution in [0.1, 0.15) is 23.4 Å². The number of H-pyrrole nitrogens is 1. The summed E-state index contributed by atoms with van der Waals surface area (Å²) in [6.07, 6.45) is 0.542. The van der Waals surface area contributed by atoms with Gasteiger partial charge in [0.2, 0.25) is 5.91 Å². The van der Waals surface area contributed by atoms with Gasteiger partial charge in [-0.2, -0.15) is 0 Å². The topological polar surface area (TPSA) is 78.0 Å². The van der Waals surface area contributed by atoms with Crippen molar-refractivity contribution < 1.29 is 18.7 Å². The molecule has 0 aliphatic heterocycles. The van der Waals surface area contributed by atoms with E-state index in [1.165, 1.54) is 18.2 Å². The maximum absolute atomic E-state index is 13.6. The Morgan fingerprint density at radius 2 is 2.04 bits per heavy atom. The van der Waals surface area contributed by atoms with Gasteiger partial charge in [-0.3, -0.25) is 4.79 Å². The number of carbonyl (C=O) groups excluding carboxylic acids is 1. The number of nitrogens with zero attached hydrogens (tertiary/aromatic N) is 1. The molecule has 25 heavy (non-hydrogen) atoms. The summed E-state index contributed by atoms with van der Waals surface area (Å²) in [4.78, 5) is 19.1. The molecular formula is C18H17F2N3O2. The molecule has 0 unspecified atom stereocenters. The molecule has 1 aromatic heterocycles. The van der Waals surface area contributed by atoms with Crippen molar-refractivity contribution in [2.24, 2.45) is 0 Å². The second kappa shape index (κ2) is 7.40. The lowest BCUT2D eigenvalue weighted by atomic mass is 10.1. The Kier molecular flexibility index (Phi) is 5.04. The number of imidazole rings is 1. The van der Waals surface area contributed by atoms with Gasteiger partial charge in [-0.15, -0.1) is 0 Å². The molecular weight excluding hydrogens is 328 g/mol. The van der Waals surface area contributed by atoms with Crippen LogP contribution in [0.3, 0.4) is 0 Å². The van der Waals surface area contributed by atoms with E-state index in [1.807, 2.05) is 0 Å². The van der Waals surface area contributed by atoms with E-state index in [4.69, 9.17) is 5.11 Å². The molecule has 1 amide bonds. The number of fused-ring (bicyclic) bond motifs is 1. The molecule has 0 spiro atoms. The zero-order valence-electron chi connectivity index (χ0n) is 13.4. The van der Waals surface area contributed by atoms with Crippen LogP contribution in [0.5, 0.6) is 0 Å². The van der Waals surface area contributed by atoms with Gasteiger partial charge in [-0.1, -0.05) is 12.1 Å². The first-order chi connectivity index (χ1) is 12.1. The number of aliphatic hydroxyl groups excluding tert-OH is 1. The molecule has 0 bridgehead atoms. The van der Waals surface area contributed by atoms with Crippen molar-refractivity contribution in [3.63, 3.8) is 0 Å². The molecule has 3 aromatic rings. The second-order valence-corrected chi connectivity index (χ2v) is 5.68. The summed E-state index contributed by atoms with van der Waals surface area (Å²) in [6.45, 7) is -0.156. The van der Waals surface area contributed by atoms with Crippen molar-refractivity contribution in [2.75, 3.05) is 0 Å². The Labute approximate surface area is 142 Å². The molecule has 0 aliphatic rings. The number of aromatic amines is 1. The number of aromatic nitrogens is 2. The molecule has 0 atom stereocenters. The van der Waals surface area contributed by atoms with E-state index in [-0.39, 0.29) is 30.0 Å². The maximum atomic E-state index is 13.6. The molecule has 2 aromatic carbocycles. The van der Waals surface area contributed by atoms with Crippen LogP contribution in [0.25, 0.3) is 11.0 Å². The van der Waals surface area contributed by atoms with Crippen LogP contribution in [-0.4, -0.2) is 21.0 Å². The van der Waals surface area contributed by atoms with Gasteiger partial charge in [-0.05, 0) is 29.8 Å². The minimum atomic E-state index is -0.477. The fourth-order valence-corrected chi connectivity index (χ4v) is 2.55. The molecule has 1 heterocycles. The van der Waals surface area contributed by atoms with Crippen molar-refractivity contribution >= 4 is 16.9 Å². The van der Waals surface area contributed by atoms with Crippen molar-refractivity contribution in [3.05, 3.63) is 65.0 Å². The third-order valence-electron chi connectivity index (χ3n) is 3.87. The molecule has 0 radical (unpaired) electrons. The maximum Gasteiger partial charge on any atom is 0.220 e. The standard InChI is InChI=1S/C18H17F2N3O2/c19-13-5-4-11(8-12(13)10-24)9-21-17(25)7-6-16-22-15-3-1-2-14(20)18(15)23-16/h1-5,8,24H,6-7,9-10H2,(H,21,25)(H,22,23). The summed E-state index contributed by atoms with van der Waals surface area (Å²) in [5.74, 6) is -0.537. The Balaban J connectivity index is 1.54. The van der Waals surface area contributed by atoms with Gasteiger partial charge in [0.05, 0.1) is 12.1 Å². The van der Waals surface area contributed by atoms with E-state index >= 15 is 0 Å². The zero-order chi connectivity index (χ0) is 17.8. The number of nitrogens with one attached hydrogen (secondary N) is 2. The van der Waals surface area contributed by atoms with Crippen LogP contribution in [0.15, 0.2) is 36.4 Å². The van der Waals surface area contributed by atoms with Crippen LogP contribution >= 0.6 is 0 Å². The van der Waals surface area contributed by atoms with Crippen molar-refractivity contribution in [2.45, 2.75) is 26.0 Å². The molecule has 7 heteroatoms. The van der Waals surface area contributed by atoms with Gasteiger partial charge in [0.15, 0.2) is 5.82 Å². The largest absolute Gasteiger partial charge is 0.392 e. The Bertz CT molecular complexity index is 908. The summed E-state index contributed by atoms with van der Waals surface area (Å²) in [7, 11) is 0. The van der Waals surface area contributed by atoms with Gasteiger partial charge in [-0.25, -0.2) is 13.8 Å². The van der Waals surface area contributed by atoms with Crippen LogP contribution in [0.4, 0.5) is 8.78 Å². The summed E-state index contributed by atoms with van der Waals surface area (Å²) < 4.78 is 26.9. The quantitative estimate of drug-likeness (QED) is 0.643. The van der Waals surface area contributed by atoms with Gasteiger partial charge in [0.1, 0.15) is 17.2 Å². The molecule has 3 N–H and O–H groups in total. The van der Waals surface area contributed by atoms with E-state index in [9.17, 15) is 13.6 Å². The fourth-order valence-electron chi connectivity index (χ4n) is 2.55. The highest BCUT2D eigenvalue weighted by Crippen LogP contribution is 2.15. The number of benzene rings is 2. The number of aliphatic hydroxyl groups is 1. The minimum absolute atomic E-state index is 0.190. The number of hydrogen-bond donors (Lipinski definition) is 3. The first kappa shape index (κ1) is 17.0. The lowest BCUT2D eigenvalue weighted by Crippen LogP contribution is -2.23. The van der Waals surface area contributed by atoms with Gasteiger partial charge in [0, 0.05) is 24.9 Å². The van der Waals surface area contributed by atoms with E-state index in [2.05, 4.69) is 15.3 Å². The third-order valence-corrected chi connectivity index (χ3v) is 3.87. The summed E-state index contributed by atoms with van der Waals surface area (Å²) >= 11 is 0. The first-order valence-electron chi connectivity index (χ1n) is 7.85. The molecule has 0 fully saturated rings. The minimum Gasteiger partial charge on any atom is -0.392 e. The lowest BCUT2D eigenvalue weighted by Gasteiger charge is -2.07. The Morgan fingerprint density at radius 3 is 2.80 bits per heavy atom. The fraction of sp³-hybridized carbons (Fsp3) is 0.222. The molecule has 0 saturated carbocycles. The molecule has 5 nitrogen and oxygen atoms in total. The van der Waals surface area contributed by atoms with E-state index < -0.39 is 18.2 Å². The number of aryl methyl sites for hydroxylation is 1. The van der Waals surface area contributed by atoms with Gasteiger partial charge in [0.25, 0.3) is 0 Å². The van der Waals surface area contributed by atoms with Gasteiger partial charge >= 0.3 is 0 Å². The van der Waals surface area contributed by atoms with E-state index in [1.54, 1.807) is 18.2 Å². The van der Waals surface area contributed by atoms with Gasteiger partial charge < -0.3 is 15.4 Å². The normalized spacial score (nSPS) is 11.0. The van der Waals surface area contributed by atoms with Crippen LogP contribution in [0.2, 0.25) is 0 Å². The predicted molar refractivity (Wildman–Crippen MR) is 88.5 cm³/mol. The second-order valence-electron chi connectivity index (χ2n) is 5.68. The van der Waals surface area contributed by atoms with E-state index in [0.717, 1.165) is 0 Å². The average molecular weight is 345 g/mol. The van der Waals surface area contributed by atoms with E-state index in [0.29, 0.717) is 23.3 Å². The zero-order valence-corrected chi connectivity index (χ0v) is 13.4. The molecule has 130 valence electrons. The number of rotatable bonds is 6. The molecule has 3 rings (SSSR count). The number of para-hydroxylation sites is 1. The van der Waals surface area contributed by atoms with Crippen molar-refractivity contribution in [1.82, 2.24) is 15.3 Å². The number of hydrogen-bond acceptors (Lipinski definition) is 3. The SMILES string of the molecule is O=C(CCc1nc2c(F)cccc2[nH]1)NCc1ccc(F)c(CO)c1. The van der Waals surface area contributed by atoms with Crippen LogP contribution < -0.4 is 5.32 Å². The Hall–Kier alpha value is -2.80. The monoisotopic (exact) mass is 345 g/mol. The third kappa shape index (κ3) is 4.00. The lowest BCUT2D eigenvalue weighted by molar-refractivity contribution is -0.121. The smallest absolute Gasteiger partial charge is 0.220 e. The first-order valence-corrected chi connectivity index (χ1v) is 7.85. The number of carbonyl (C=O) groups is 1. The number of amides is 1. The molecule has 0 saturated heterocycles. The highest BCUT2D eigenvalue weighted by Gasteiger charge is 2.09. The number of halogens is 2. The predicted octanol–water partition coefficient (Wildman–Crippen LogP) is 2.58. The highest BCUT2D eigenvalue weighted by molar-refractivity contribution is 5.77. The molecule has 0 aliphatic carbocycles. The van der Waals surface area contributed by atoms with Crippen LogP contribution in [-0.2, 0) is 24.4 Å². The Morgan fingerprint density at radius 1 is 1.20 bits per heavy atom. The van der Waals surface area contributed by atoms with Crippen molar-refractivity contribution in [3.8, 4) is 0 Å². The summed E-state index contributed by atoms with van der Waals surface area (Å²) in [5, 5.41) is 11.8. The summed E-state index contributed by atoms with van der Waals surface area (Å²) in [5.41, 5.74) is 1.75. The van der Waals surface area contributed by atoms with Crippen molar-refractivity contribution in [1.29, 1.82) is 0 Å². The van der Waals surface area contributed by atoms with Crippen LogP contribution in [0, 0.1) is 11.6 Å².